The minimum Gasteiger partial charge on any atom is -0.372 e. The molecular formula is C12H13F3INO2. The lowest BCUT2D eigenvalue weighted by Gasteiger charge is -2.09. The molecule has 0 aromatic heterocycles. The summed E-state index contributed by atoms with van der Waals surface area (Å²) in [6.45, 7) is 0.357. The van der Waals surface area contributed by atoms with Crippen molar-refractivity contribution in [3.63, 3.8) is 0 Å². The topological polar surface area (TPSA) is 38.3 Å². The average molecular weight is 387 g/mol. The first kappa shape index (κ1) is 16.2. The van der Waals surface area contributed by atoms with Crippen LogP contribution >= 0.6 is 22.6 Å². The highest BCUT2D eigenvalue weighted by Crippen LogP contribution is 2.17. The number of anilines is 1. The highest BCUT2D eigenvalue weighted by Gasteiger charge is 2.27. The fourth-order valence-electron chi connectivity index (χ4n) is 1.25. The number of rotatable bonds is 5. The lowest BCUT2D eigenvalue weighted by atomic mass is 10.2. The number of aryl methyl sites for hydroxylation is 1. The first-order valence-corrected chi connectivity index (χ1v) is 6.56. The molecule has 1 amide bonds. The van der Waals surface area contributed by atoms with Gasteiger partial charge in [-0.25, -0.2) is 0 Å². The summed E-state index contributed by atoms with van der Waals surface area (Å²) < 4.78 is 40.7. The molecule has 1 aromatic carbocycles. The third-order valence-electron chi connectivity index (χ3n) is 2.19. The van der Waals surface area contributed by atoms with Gasteiger partial charge >= 0.3 is 6.18 Å². The van der Waals surface area contributed by atoms with Crippen LogP contribution in [0.3, 0.4) is 0 Å². The van der Waals surface area contributed by atoms with Crippen LogP contribution < -0.4 is 5.32 Å². The molecule has 106 valence electrons. The van der Waals surface area contributed by atoms with Crippen LogP contribution in [0.1, 0.15) is 12.0 Å². The van der Waals surface area contributed by atoms with Gasteiger partial charge in [-0.15, -0.1) is 0 Å². The number of nitrogens with one attached hydrogen (secondary N) is 1. The molecule has 0 atom stereocenters. The maximum Gasteiger partial charge on any atom is 0.411 e. The number of halogens is 4. The summed E-state index contributed by atoms with van der Waals surface area (Å²) in [4.78, 5) is 11.5. The monoisotopic (exact) mass is 387 g/mol. The van der Waals surface area contributed by atoms with Gasteiger partial charge in [0.25, 0.3) is 0 Å². The summed E-state index contributed by atoms with van der Waals surface area (Å²) >= 11 is 2.14. The van der Waals surface area contributed by atoms with Crippen molar-refractivity contribution in [2.75, 3.05) is 18.5 Å². The maximum atomic E-state index is 11.8. The molecule has 0 heterocycles. The summed E-state index contributed by atoms with van der Waals surface area (Å²) in [5.74, 6) is -0.373. The first-order valence-electron chi connectivity index (χ1n) is 5.48. The predicted octanol–water partition coefficient (Wildman–Crippen LogP) is 3.51. The largest absolute Gasteiger partial charge is 0.411 e. The Kier molecular flexibility index (Phi) is 6.05. The van der Waals surface area contributed by atoms with Crippen molar-refractivity contribution in [3.05, 3.63) is 27.3 Å². The van der Waals surface area contributed by atoms with Crippen LogP contribution in [0.5, 0.6) is 0 Å². The van der Waals surface area contributed by atoms with E-state index in [1.165, 1.54) is 0 Å². The number of ether oxygens (including phenoxy) is 1. The van der Waals surface area contributed by atoms with Gasteiger partial charge in [-0.3, -0.25) is 4.79 Å². The van der Waals surface area contributed by atoms with E-state index in [4.69, 9.17) is 0 Å². The van der Waals surface area contributed by atoms with Crippen molar-refractivity contribution < 1.29 is 22.7 Å². The zero-order valence-corrected chi connectivity index (χ0v) is 12.3. The average Bonchev–Trinajstić information content (AvgIpc) is 2.28. The summed E-state index contributed by atoms with van der Waals surface area (Å²) in [6, 6.07) is 5.40. The smallest absolute Gasteiger partial charge is 0.372 e. The van der Waals surface area contributed by atoms with Crippen molar-refractivity contribution in [3.8, 4) is 0 Å². The Morgan fingerprint density at radius 3 is 2.68 bits per heavy atom. The second-order valence-electron chi connectivity index (χ2n) is 3.93. The van der Waals surface area contributed by atoms with Gasteiger partial charge in [0.2, 0.25) is 5.91 Å². The van der Waals surface area contributed by atoms with Gasteiger partial charge in [0, 0.05) is 9.26 Å². The Hall–Kier alpha value is -0.830. The number of carbonyl (C=O) groups is 1. The number of carbonyl (C=O) groups excluding carboxylic acids is 1. The Labute approximate surface area is 122 Å². The van der Waals surface area contributed by atoms with Crippen molar-refractivity contribution in [1.82, 2.24) is 0 Å². The van der Waals surface area contributed by atoms with Crippen LogP contribution in [0.4, 0.5) is 18.9 Å². The van der Waals surface area contributed by atoms with E-state index in [9.17, 15) is 18.0 Å². The van der Waals surface area contributed by atoms with Crippen molar-refractivity contribution in [2.45, 2.75) is 19.5 Å². The van der Waals surface area contributed by atoms with Crippen molar-refractivity contribution in [1.29, 1.82) is 0 Å². The Bertz CT molecular complexity index is 449. The van der Waals surface area contributed by atoms with E-state index in [-0.39, 0.29) is 18.9 Å². The zero-order chi connectivity index (χ0) is 14.5. The number of benzene rings is 1. The lowest BCUT2D eigenvalue weighted by molar-refractivity contribution is -0.174. The molecule has 0 aliphatic heterocycles. The van der Waals surface area contributed by atoms with E-state index in [2.05, 4.69) is 32.6 Å². The third kappa shape index (κ3) is 6.76. The molecule has 0 bridgehead atoms. The van der Waals surface area contributed by atoms with Crippen LogP contribution in [0.25, 0.3) is 0 Å². The van der Waals surface area contributed by atoms with Gasteiger partial charge in [-0.2, -0.15) is 13.2 Å². The van der Waals surface area contributed by atoms with E-state index < -0.39 is 12.8 Å². The van der Waals surface area contributed by atoms with E-state index in [0.717, 1.165) is 9.13 Å². The second-order valence-corrected chi connectivity index (χ2v) is 5.09. The van der Waals surface area contributed by atoms with Crippen molar-refractivity contribution >= 4 is 34.2 Å². The molecule has 7 heteroatoms. The minimum atomic E-state index is -4.36. The maximum absolute atomic E-state index is 11.8. The number of amides is 1. The van der Waals surface area contributed by atoms with Crippen LogP contribution in [0.15, 0.2) is 18.2 Å². The van der Waals surface area contributed by atoms with Crippen LogP contribution in [-0.2, 0) is 9.53 Å². The van der Waals surface area contributed by atoms with E-state index >= 15 is 0 Å². The third-order valence-corrected chi connectivity index (χ3v) is 3.36. The fraction of sp³-hybridized carbons (Fsp3) is 0.417. The van der Waals surface area contributed by atoms with Crippen LogP contribution in [0.2, 0.25) is 0 Å². The van der Waals surface area contributed by atoms with Gasteiger partial charge in [0.05, 0.1) is 13.0 Å². The molecule has 1 rings (SSSR count). The second kappa shape index (κ2) is 7.09. The van der Waals surface area contributed by atoms with Gasteiger partial charge in [0.15, 0.2) is 0 Å². The zero-order valence-electron chi connectivity index (χ0n) is 10.2. The van der Waals surface area contributed by atoms with Gasteiger partial charge in [-0.1, -0.05) is 6.07 Å². The van der Waals surface area contributed by atoms with Gasteiger partial charge in [-0.05, 0) is 47.2 Å². The molecule has 0 aliphatic carbocycles. The fourth-order valence-corrected chi connectivity index (χ4v) is 1.76. The van der Waals surface area contributed by atoms with E-state index in [0.29, 0.717) is 5.69 Å². The predicted molar refractivity (Wildman–Crippen MR) is 74.0 cm³/mol. The molecule has 0 saturated carbocycles. The standard InChI is InChI=1S/C12H13F3INO2/c1-8-2-3-9(6-10(8)16)17-11(18)4-5-19-7-12(13,14)15/h2-3,6H,4-5,7H2,1H3,(H,17,18). The SMILES string of the molecule is Cc1ccc(NC(=O)CCOCC(F)(F)F)cc1I. The molecule has 0 fully saturated rings. The summed E-state index contributed by atoms with van der Waals surface area (Å²) in [7, 11) is 0. The molecule has 19 heavy (non-hydrogen) atoms. The highest BCUT2D eigenvalue weighted by atomic mass is 127. The quantitative estimate of drug-likeness (QED) is 0.621. The molecular weight excluding hydrogens is 374 g/mol. The van der Waals surface area contributed by atoms with Gasteiger partial charge < -0.3 is 10.1 Å². The Morgan fingerprint density at radius 1 is 1.42 bits per heavy atom. The molecule has 1 N–H and O–H groups in total. The summed E-state index contributed by atoms with van der Waals surface area (Å²) in [5.41, 5.74) is 1.71. The van der Waals surface area contributed by atoms with Crippen LogP contribution in [0, 0.1) is 10.5 Å². The number of alkyl halides is 3. The number of hydrogen-bond donors (Lipinski definition) is 1. The molecule has 0 aliphatic rings. The van der Waals surface area contributed by atoms with Gasteiger partial charge in [0.1, 0.15) is 6.61 Å². The molecule has 1 aromatic rings. The molecule has 0 spiro atoms. The molecule has 0 saturated heterocycles. The molecule has 3 nitrogen and oxygen atoms in total. The van der Waals surface area contributed by atoms with E-state index in [1.54, 1.807) is 12.1 Å². The normalized spacial score (nSPS) is 11.4. The summed E-state index contributed by atoms with van der Waals surface area (Å²) in [5, 5.41) is 2.60. The van der Waals surface area contributed by atoms with E-state index in [1.807, 2.05) is 13.0 Å². The lowest BCUT2D eigenvalue weighted by Crippen LogP contribution is -2.20. The Balaban J connectivity index is 2.33. The van der Waals surface area contributed by atoms with Crippen molar-refractivity contribution in [2.24, 2.45) is 0 Å². The highest BCUT2D eigenvalue weighted by molar-refractivity contribution is 14.1. The molecule has 0 radical (unpaired) electrons. The molecule has 0 unspecified atom stereocenters. The minimum absolute atomic E-state index is 0.111. The summed E-state index contributed by atoms with van der Waals surface area (Å²) in [6.07, 6.45) is -4.47. The number of hydrogen-bond acceptors (Lipinski definition) is 2. The Morgan fingerprint density at radius 2 is 2.11 bits per heavy atom. The first-order chi connectivity index (χ1) is 8.78. The van der Waals surface area contributed by atoms with Crippen LogP contribution in [-0.4, -0.2) is 25.3 Å².